The van der Waals surface area contributed by atoms with E-state index in [1.54, 1.807) is 11.0 Å². The van der Waals surface area contributed by atoms with E-state index in [2.05, 4.69) is 16.7 Å². The normalized spacial score (nSPS) is 11.3. The molecule has 3 aromatic heterocycles. The summed E-state index contributed by atoms with van der Waals surface area (Å²) in [4.78, 5) is 20.6. The number of aryl methyl sites for hydroxylation is 1. The Balaban J connectivity index is 2.05. The highest BCUT2D eigenvalue weighted by Gasteiger charge is 2.23. The number of pyridine rings is 1. The van der Waals surface area contributed by atoms with E-state index in [1.165, 1.54) is 11.3 Å². The molecule has 0 fully saturated rings. The summed E-state index contributed by atoms with van der Waals surface area (Å²) in [6.45, 7) is 10.5. The summed E-state index contributed by atoms with van der Waals surface area (Å²) in [5.74, 6) is 0.0651. The Morgan fingerprint density at radius 3 is 2.85 bits per heavy atom. The number of halogens is 1. The van der Waals surface area contributed by atoms with E-state index in [9.17, 15) is 4.79 Å². The maximum atomic E-state index is 13.3. The predicted molar refractivity (Wildman–Crippen MR) is 105 cm³/mol. The summed E-state index contributed by atoms with van der Waals surface area (Å²) in [5, 5.41) is 4.65. The SMILES string of the molecule is C=CCN(Cc1ccc(Cl)s1)C(=O)c1cc(C(C)C)nc2onc(C)c12. The number of rotatable bonds is 6. The van der Waals surface area contributed by atoms with Crippen LogP contribution >= 0.6 is 22.9 Å². The lowest BCUT2D eigenvalue weighted by Crippen LogP contribution is -2.30. The quantitative estimate of drug-likeness (QED) is 0.544. The number of amides is 1. The van der Waals surface area contributed by atoms with E-state index < -0.39 is 0 Å². The van der Waals surface area contributed by atoms with E-state index in [0.717, 1.165) is 10.6 Å². The van der Waals surface area contributed by atoms with Gasteiger partial charge in [-0.25, -0.2) is 4.98 Å². The highest BCUT2D eigenvalue weighted by Crippen LogP contribution is 2.28. The Bertz CT molecular complexity index is 961. The van der Waals surface area contributed by atoms with Crippen molar-refractivity contribution in [3.63, 3.8) is 0 Å². The molecule has 3 aromatic rings. The minimum atomic E-state index is -0.102. The fourth-order valence-electron chi connectivity index (χ4n) is 2.75. The topological polar surface area (TPSA) is 59.2 Å². The summed E-state index contributed by atoms with van der Waals surface area (Å²) >= 11 is 7.49. The number of carbonyl (C=O) groups is 1. The molecule has 3 heterocycles. The van der Waals surface area contributed by atoms with Crippen molar-refractivity contribution < 1.29 is 9.32 Å². The fraction of sp³-hybridized carbons (Fsp3) is 0.316. The smallest absolute Gasteiger partial charge is 0.259 e. The van der Waals surface area contributed by atoms with Gasteiger partial charge in [0.05, 0.1) is 27.5 Å². The molecule has 0 spiro atoms. The van der Waals surface area contributed by atoms with Crippen molar-refractivity contribution >= 4 is 39.9 Å². The maximum Gasteiger partial charge on any atom is 0.259 e. The molecule has 7 heteroatoms. The van der Waals surface area contributed by atoms with Gasteiger partial charge in [-0.15, -0.1) is 17.9 Å². The molecule has 0 bridgehead atoms. The van der Waals surface area contributed by atoms with Gasteiger partial charge in [-0.2, -0.15) is 0 Å². The van der Waals surface area contributed by atoms with Crippen molar-refractivity contribution in [3.8, 4) is 0 Å². The number of fused-ring (bicyclic) bond motifs is 1. The van der Waals surface area contributed by atoms with Crippen LogP contribution in [0.5, 0.6) is 0 Å². The van der Waals surface area contributed by atoms with Gasteiger partial charge in [-0.3, -0.25) is 4.79 Å². The molecule has 0 saturated heterocycles. The number of thiophene rings is 1. The molecular formula is C19H20ClN3O2S. The van der Waals surface area contributed by atoms with Crippen LogP contribution in [0.3, 0.4) is 0 Å². The van der Waals surface area contributed by atoms with Crippen molar-refractivity contribution in [3.05, 3.63) is 57.0 Å². The molecule has 26 heavy (non-hydrogen) atoms. The van der Waals surface area contributed by atoms with Crippen molar-refractivity contribution in [1.29, 1.82) is 0 Å². The molecule has 5 nitrogen and oxygen atoms in total. The molecule has 136 valence electrons. The molecule has 3 rings (SSSR count). The number of hydrogen-bond acceptors (Lipinski definition) is 5. The monoisotopic (exact) mass is 389 g/mol. The summed E-state index contributed by atoms with van der Waals surface area (Å²) in [7, 11) is 0. The molecule has 0 aliphatic heterocycles. The van der Waals surface area contributed by atoms with Crippen molar-refractivity contribution in [2.75, 3.05) is 6.54 Å². The van der Waals surface area contributed by atoms with Gasteiger partial charge >= 0.3 is 0 Å². The van der Waals surface area contributed by atoms with E-state index in [1.807, 2.05) is 39.0 Å². The molecule has 1 amide bonds. The summed E-state index contributed by atoms with van der Waals surface area (Å²) in [6.07, 6.45) is 1.72. The van der Waals surface area contributed by atoms with Crippen molar-refractivity contribution in [2.24, 2.45) is 0 Å². The van der Waals surface area contributed by atoms with E-state index in [4.69, 9.17) is 16.1 Å². The number of aromatic nitrogens is 2. The molecule has 0 atom stereocenters. The molecule has 0 N–H and O–H groups in total. The zero-order valence-corrected chi connectivity index (χ0v) is 16.5. The number of carbonyl (C=O) groups excluding carboxylic acids is 1. The van der Waals surface area contributed by atoms with Crippen LogP contribution in [-0.2, 0) is 6.54 Å². The minimum Gasteiger partial charge on any atom is -0.336 e. The van der Waals surface area contributed by atoms with Gasteiger partial charge in [0.2, 0.25) is 0 Å². The predicted octanol–water partition coefficient (Wildman–Crippen LogP) is 5.20. The maximum absolute atomic E-state index is 13.3. The van der Waals surface area contributed by atoms with E-state index >= 15 is 0 Å². The van der Waals surface area contributed by atoms with Gasteiger partial charge in [0.25, 0.3) is 11.6 Å². The summed E-state index contributed by atoms with van der Waals surface area (Å²) in [5.41, 5.74) is 2.41. The molecule has 0 saturated carbocycles. The molecule has 0 unspecified atom stereocenters. The van der Waals surface area contributed by atoms with Gasteiger partial charge in [0.1, 0.15) is 0 Å². The number of nitrogens with zero attached hydrogens (tertiary/aromatic N) is 3. The largest absolute Gasteiger partial charge is 0.336 e. The second-order valence-corrected chi connectivity index (χ2v) is 8.18. The third-order valence-electron chi connectivity index (χ3n) is 4.07. The van der Waals surface area contributed by atoms with Crippen LogP contribution < -0.4 is 0 Å². The van der Waals surface area contributed by atoms with Gasteiger partial charge in [0, 0.05) is 17.1 Å². The second-order valence-electron chi connectivity index (χ2n) is 6.38. The van der Waals surface area contributed by atoms with Crippen LogP contribution in [0.15, 0.2) is 35.4 Å². The molecule has 0 aromatic carbocycles. The first-order valence-corrected chi connectivity index (χ1v) is 9.51. The second kappa shape index (κ2) is 7.60. The van der Waals surface area contributed by atoms with Crippen molar-refractivity contribution in [2.45, 2.75) is 33.2 Å². The lowest BCUT2D eigenvalue weighted by Gasteiger charge is -2.21. The third-order valence-corrected chi connectivity index (χ3v) is 5.29. The standard InChI is InChI=1S/C19H20ClN3O2S/c1-5-8-23(10-13-6-7-16(20)26-13)19(24)14-9-15(11(2)3)21-18-17(14)12(4)22-25-18/h5-7,9,11H,1,8,10H2,2-4H3. The molecule has 0 radical (unpaired) electrons. The molecule has 0 aliphatic carbocycles. The lowest BCUT2D eigenvalue weighted by molar-refractivity contribution is 0.0766. The minimum absolute atomic E-state index is 0.102. The zero-order valence-electron chi connectivity index (χ0n) is 15.0. The average Bonchev–Trinajstić information content (AvgIpc) is 3.19. The summed E-state index contributed by atoms with van der Waals surface area (Å²) in [6, 6.07) is 5.61. The summed E-state index contributed by atoms with van der Waals surface area (Å²) < 4.78 is 6.03. The Kier molecular flexibility index (Phi) is 5.44. The van der Waals surface area contributed by atoms with E-state index in [0.29, 0.717) is 39.8 Å². The van der Waals surface area contributed by atoms with Crippen LogP contribution in [0.1, 0.15) is 46.4 Å². The Morgan fingerprint density at radius 1 is 1.46 bits per heavy atom. The van der Waals surface area contributed by atoms with Crippen LogP contribution in [0.25, 0.3) is 11.1 Å². The third kappa shape index (κ3) is 3.66. The fourth-order valence-corrected chi connectivity index (χ4v) is 3.85. The van der Waals surface area contributed by atoms with E-state index in [-0.39, 0.29) is 11.8 Å². The molecular weight excluding hydrogens is 370 g/mol. The zero-order chi connectivity index (χ0) is 18.8. The van der Waals surface area contributed by atoms with Crippen LogP contribution in [-0.4, -0.2) is 27.5 Å². The Hall–Kier alpha value is -2.18. The van der Waals surface area contributed by atoms with Crippen LogP contribution in [0.2, 0.25) is 4.34 Å². The van der Waals surface area contributed by atoms with Gasteiger partial charge in [0.15, 0.2) is 0 Å². The number of hydrogen-bond donors (Lipinski definition) is 0. The van der Waals surface area contributed by atoms with Crippen LogP contribution in [0.4, 0.5) is 0 Å². The van der Waals surface area contributed by atoms with Gasteiger partial charge < -0.3 is 9.42 Å². The van der Waals surface area contributed by atoms with Crippen LogP contribution in [0, 0.1) is 6.92 Å². The van der Waals surface area contributed by atoms with Gasteiger partial charge in [-0.1, -0.05) is 36.7 Å². The first-order valence-electron chi connectivity index (χ1n) is 8.32. The highest BCUT2D eigenvalue weighted by molar-refractivity contribution is 7.16. The first kappa shape index (κ1) is 18.6. The van der Waals surface area contributed by atoms with Crippen molar-refractivity contribution in [1.82, 2.24) is 15.0 Å². The highest BCUT2D eigenvalue weighted by atomic mass is 35.5. The average molecular weight is 390 g/mol. The first-order chi connectivity index (χ1) is 12.4. The Morgan fingerprint density at radius 2 is 2.23 bits per heavy atom. The lowest BCUT2D eigenvalue weighted by atomic mass is 10.0. The Labute approximate surface area is 161 Å². The molecule has 0 aliphatic rings. The van der Waals surface area contributed by atoms with Gasteiger partial charge in [-0.05, 0) is 31.0 Å².